The highest BCUT2D eigenvalue weighted by Gasteiger charge is 2.26. The number of hydrogen-bond acceptors (Lipinski definition) is 3. The van der Waals surface area contributed by atoms with Crippen molar-refractivity contribution < 1.29 is 9.63 Å². The molecule has 1 saturated heterocycles. The minimum atomic E-state index is -0.383. The van der Waals surface area contributed by atoms with Gasteiger partial charge in [-0.15, -0.1) is 0 Å². The molecule has 0 N–H and O–H groups in total. The average molecular weight is 287 g/mol. The third kappa shape index (κ3) is 3.19. The molecule has 112 valence electrons. The molecule has 0 unspecified atom stereocenters. The lowest BCUT2D eigenvalue weighted by atomic mass is 9.89. The van der Waals surface area contributed by atoms with Crippen LogP contribution in [0, 0.1) is 0 Å². The smallest absolute Gasteiger partial charge is 0.293 e. The van der Waals surface area contributed by atoms with E-state index in [0.29, 0.717) is 11.3 Å². The van der Waals surface area contributed by atoms with Crippen LogP contribution in [0.15, 0.2) is 28.2 Å². The number of rotatable bonds is 2. The molecule has 2 heterocycles. The molecule has 2 aliphatic rings. The van der Waals surface area contributed by atoms with Crippen LogP contribution in [-0.2, 0) is 4.84 Å². The largest absolute Gasteiger partial charge is 0.368 e. The molecule has 5 heteroatoms. The first-order valence-electron chi connectivity index (χ1n) is 7.47. The molecule has 1 aromatic carbocycles. The summed E-state index contributed by atoms with van der Waals surface area (Å²) in [6, 6.07) is 5.50. The van der Waals surface area contributed by atoms with E-state index in [9.17, 15) is 4.79 Å². The maximum absolute atomic E-state index is 11.4. The van der Waals surface area contributed by atoms with E-state index in [1.165, 1.54) is 0 Å². The van der Waals surface area contributed by atoms with Crippen molar-refractivity contribution in [3.63, 3.8) is 0 Å². The fourth-order valence-corrected chi connectivity index (χ4v) is 2.96. The number of urea groups is 1. The van der Waals surface area contributed by atoms with Gasteiger partial charge in [-0.25, -0.2) is 4.79 Å². The van der Waals surface area contributed by atoms with Crippen molar-refractivity contribution in [2.45, 2.75) is 45.1 Å². The van der Waals surface area contributed by atoms with E-state index in [-0.39, 0.29) is 11.6 Å². The van der Waals surface area contributed by atoms with Crippen molar-refractivity contribution in [1.82, 2.24) is 5.06 Å². The van der Waals surface area contributed by atoms with Gasteiger partial charge in [-0.2, -0.15) is 15.0 Å². The van der Waals surface area contributed by atoms with Gasteiger partial charge >= 0.3 is 6.03 Å². The van der Waals surface area contributed by atoms with E-state index in [1.54, 1.807) is 0 Å². The molecule has 1 aromatic rings. The van der Waals surface area contributed by atoms with Crippen molar-refractivity contribution in [1.29, 1.82) is 0 Å². The molecule has 3 rings (SSSR count). The average Bonchev–Trinajstić information content (AvgIpc) is 2.78. The summed E-state index contributed by atoms with van der Waals surface area (Å²) >= 11 is 0. The Labute approximate surface area is 124 Å². The fourth-order valence-electron chi connectivity index (χ4n) is 2.96. The molecule has 21 heavy (non-hydrogen) atoms. The van der Waals surface area contributed by atoms with Gasteiger partial charge in [0, 0.05) is 13.1 Å². The number of benzene rings is 1. The Morgan fingerprint density at radius 3 is 2.57 bits per heavy atom. The van der Waals surface area contributed by atoms with Gasteiger partial charge in [-0.1, -0.05) is 12.1 Å². The minimum Gasteiger partial charge on any atom is -0.293 e. The predicted molar refractivity (Wildman–Crippen MR) is 78.5 cm³/mol. The van der Waals surface area contributed by atoms with E-state index >= 15 is 0 Å². The summed E-state index contributed by atoms with van der Waals surface area (Å²) in [4.78, 5) is 25.3. The summed E-state index contributed by atoms with van der Waals surface area (Å²) in [5, 5.41) is 3.54. The zero-order valence-corrected chi connectivity index (χ0v) is 12.8. The van der Waals surface area contributed by atoms with Gasteiger partial charge in [-0.05, 0) is 51.2 Å². The number of amides is 2. The molecular formula is C16H21N3O2. The molecule has 0 aromatic heterocycles. The molecule has 0 atom stereocenters. The topological polar surface area (TPSA) is 54.3 Å². The van der Waals surface area contributed by atoms with Crippen molar-refractivity contribution in [3.8, 4) is 0 Å². The number of hydroxylamine groups is 2. The Kier molecular flexibility index (Phi) is 3.63. The molecule has 0 radical (unpaired) electrons. The van der Waals surface area contributed by atoms with Gasteiger partial charge in [-0.3, -0.25) is 4.84 Å². The highest BCUT2D eigenvalue weighted by molar-refractivity contribution is 5.77. The van der Waals surface area contributed by atoms with Crippen molar-refractivity contribution in [3.05, 3.63) is 34.5 Å². The van der Waals surface area contributed by atoms with Gasteiger partial charge in [0.25, 0.3) is 0 Å². The molecule has 0 bridgehead atoms. The molecule has 2 aliphatic heterocycles. The monoisotopic (exact) mass is 287 g/mol. The SMILES string of the molecule is CC(C)(C)ON1CCC(c2cccc3c2=NC(=O)N=3)CC1. The summed E-state index contributed by atoms with van der Waals surface area (Å²) in [6.07, 6.45) is 2.02. The Balaban J connectivity index is 1.75. The van der Waals surface area contributed by atoms with Crippen LogP contribution >= 0.6 is 0 Å². The third-order valence-electron chi connectivity index (χ3n) is 3.77. The number of para-hydroxylation sites is 1. The van der Waals surface area contributed by atoms with Crippen molar-refractivity contribution in [2.24, 2.45) is 9.98 Å². The molecular weight excluding hydrogens is 266 g/mol. The van der Waals surface area contributed by atoms with Crippen LogP contribution in [0.4, 0.5) is 4.79 Å². The Bertz CT molecular complexity index is 668. The Morgan fingerprint density at radius 2 is 1.90 bits per heavy atom. The van der Waals surface area contributed by atoms with Gasteiger partial charge in [0.1, 0.15) is 0 Å². The lowest BCUT2D eigenvalue weighted by Crippen LogP contribution is -2.40. The van der Waals surface area contributed by atoms with Crippen molar-refractivity contribution in [2.75, 3.05) is 13.1 Å². The standard InChI is InChI=1S/C16H21N3O2/c1-16(2,3)21-19-9-7-11(8-10-19)12-5-4-6-13-14(12)18-15(20)17-13/h4-6,11H,7-10H2,1-3H3. The summed E-state index contributed by atoms with van der Waals surface area (Å²) in [6.45, 7) is 7.99. The quantitative estimate of drug-likeness (QED) is 0.835. The van der Waals surface area contributed by atoms with Crippen LogP contribution in [0.2, 0.25) is 0 Å². The number of hydrogen-bond donors (Lipinski definition) is 0. The van der Waals surface area contributed by atoms with Gasteiger partial charge in [0.2, 0.25) is 0 Å². The maximum atomic E-state index is 11.4. The summed E-state index contributed by atoms with van der Waals surface area (Å²) in [5.74, 6) is 0.421. The van der Waals surface area contributed by atoms with Gasteiger partial charge < -0.3 is 0 Å². The highest BCUT2D eigenvalue weighted by Crippen LogP contribution is 2.27. The maximum Gasteiger partial charge on any atom is 0.368 e. The van der Waals surface area contributed by atoms with Crippen molar-refractivity contribution >= 4 is 6.03 Å². The fraction of sp³-hybridized carbons (Fsp3) is 0.562. The Morgan fingerprint density at radius 1 is 1.19 bits per heavy atom. The molecule has 1 fully saturated rings. The molecule has 5 nitrogen and oxygen atoms in total. The lowest BCUT2D eigenvalue weighted by molar-refractivity contribution is -0.236. The van der Waals surface area contributed by atoms with Crippen LogP contribution in [-0.4, -0.2) is 29.8 Å². The lowest BCUT2D eigenvalue weighted by Gasteiger charge is -2.35. The number of piperidine rings is 1. The van der Waals surface area contributed by atoms with E-state index in [2.05, 4.69) is 36.8 Å². The number of carbonyl (C=O) groups is 1. The van der Waals surface area contributed by atoms with Crippen LogP contribution in [0.25, 0.3) is 0 Å². The van der Waals surface area contributed by atoms with Crippen LogP contribution < -0.4 is 10.7 Å². The molecule has 0 saturated carbocycles. The molecule has 2 amide bonds. The van der Waals surface area contributed by atoms with Crippen LogP contribution in [0.5, 0.6) is 0 Å². The normalized spacial score (nSPS) is 20.0. The van der Waals surface area contributed by atoms with Crippen LogP contribution in [0.1, 0.15) is 45.1 Å². The molecule has 0 aliphatic carbocycles. The highest BCUT2D eigenvalue weighted by atomic mass is 16.7. The first-order valence-corrected chi connectivity index (χ1v) is 7.47. The summed E-state index contributed by atoms with van der Waals surface area (Å²) < 4.78 is 0. The van der Waals surface area contributed by atoms with E-state index in [1.807, 2.05) is 17.2 Å². The van der Waals surface area contributed by atoms with Gasteiger partial charge in [0.15, 0.2) is 0 Å². The summed E-state index contributed by atoms with van der Waals surface area (Å²) in [5.41, 5.74) is 0.999. The second kappa shape index (κ2) is 5.31. The number of carbonyl (C=O) groups excluding carboxylic acids is 1. The third-order valence-corrected chi connectivity index (χ3v) is 3.77. The second-order valence-corrected chi connectivity index (χ2v) is 6.63. The zero-order chi connectivity index (χ0) is 15.0. The number of nitrogens with zero attached hydrogens (tertiary/aromatic N) is 3. The second-order valence-electron chi connectivity index (χ2n) is 6.63. The van der Waals surface area contributed by atoms with Crippen LogP contribution in [0.3, 0.4) is 0 Å². The predicted octanol–water partition coefficient (Wildman–Crippen LogP) is 1.97. The van der Waals surface area contributed by atoms with E-state index < -0.39 is 0 Å². The van der Waals surface area contributed by atoms with E-state index in [0.717, 1.165) is 36.9 Å². The first kappa shape index (κ1) is 14.4. The van der Waals surface area contributed by atoms with Gasteiger partial charge in [0.05, 0.1) is 16.3 Å². The zero-order valence-electron chi connectivity index (χ0n) is 12.8. The molecule has 0 spiro atoms. The summed E-state index contributed by atoms with van der Waals surface area (Å²) in [7, 11) is 0. The van der Waals surface area contributed by atoms with E-state index in [4.69, 9.17) is 4.84 Å². The number of fused-ring (bicyclic) bond motifs is 1. The Hall–Kier alpha value is -1.59. The first-order chi connectivity index (χ1) is 9.92. The minimum absolute atomic E-state index is 0.151.